The van der Waals surface area contributed by atoms with Gasteiger partial charge in [0.1, 0.15) is 17.5 Å². The third-order valence-electron chi connectivity index (χ3n) is 3.84. The van der Waals surface area contributed by atoms with Crippen LogP contribution in [-0.4, -0.2) is 30.1 Å². The van der Waals surface area contributed by atoms with E-state index in [-0.39, 0.29) is 29.1 Å². The predicted molar refractivity (Wildman–Crippen MR) is 88.2 cm³/mol. The summed E-state index contributed by atoms with van der Waals surface area (Å²) in [6, 6.07) is 9.06. The number of Topliss-reactive ketones (excluding diaryl/α,β-unsaturated/α-hetero) is 1. The molecule has 0 aliphatic rings. The summed E-state index contributed by atoms with van der Waals surface area (Å²) >= 11 is 0. The minimum Gasteiger partial charge on any atom is -0.359 e. The molecule has 0 aliphatic heterocycles. The quantitative estimate of drug-likeness (QED) is 0.577. The first-order valence-electron chi connectivity index (χ1n) is 7.49. The van der Waals surface area contributed by atoms with E-state index in [1.54, 1.807) is 30.5 Å². The van der Waals surface area contributed by atoms with Crippen molar-refractivity contribution in [1.29, 1.82) is 0 Å². The first kappa shape index (κ1) is 15.0. The van der Waals surface area contributed by atoms with Crippen LogP contribution >= 0.6 is 0 Å². The Morgan fingerprint density at radius 2 is 2.00 bits per heavy atom. The fraction of sp³-hybridized carbons (Fsp3) is 0.0588. The maximum Gasteiger partial charge on any atom is 0.264 e. The second-order valence-corrected chi connectivity index (χ2v) is 5.45. The Morgan fingerprint density at radius 1 is 1.20 bits per heavy atom. The van der Waals surface area contributed by atoms with Gasteiger partial charge in [-0.2, -0.15) is 5.10 Å². The average Bonchev–Trinajstić information content (AvgIpc) is 3.28. The number of hydrogen-bond donors (Lipinski definition) is 1. The van der Waals surface area contributed by atoms with Crippen LogP contribution < -0.4 is 5.56 Å². The van der Waals surface area contributed by atoms with Crippen molar-refractivity contribution in [2.24, 2.45) is 0 Å². The number of ketones is 1. The molecule has 0 fully saturated rings. The van der Waals surface area contributed by atoms with Crippen LogP contribution in [0.15, 0.2) is 59.9 Å². The predicted octanol–water partition coefficient (Wildman–Crippen LogP) is 1.93. The highest BCUT2D eigenvalue weighted by atomic mass is 19.1. The van der Waals surface area contributed by atoms with E-state index in [1.807, 2.05) is 0 Å². The third-order valence-corrected chi connectivity index (χ3v) is 3.84. The molecule has 25 heavy (non-hydrogen) atoms. The molecule has 4 aromatic rings. The number of aromatic nitrogens is 5. The van der Waals surface area contributed by atoms with E-state index in [1.165, 1.54) is 33.9 Å². The topological polar surface area (TPSA) is 85.6 Å². The summed E-state index contributed by atoms with van der Waals surface area (Å²) in [6.07, 6.45) is 4.35. The van der Waals surface area contributed by atoms with Crippen LogP contribution in [0.4, 0.5) is 4.39 Å². The number of nitrogens with one attached hydrogen (secondary N) is 1. The van der Waals surface area contributed by atoms with Crippen molar-refractivity contribution in [2.45, 2.75) is 6.54 Å². The van der Waals surface area contributed by atoms with Gasteiger partial charge >= 0.3 is 0 Å². The monoisotopic (exact) mass is 337 g/mol. The third kappa shape index (κ3) is 2.63. The normalized spacial score (nSPS) is 11.1. The van der Waals surface area contributed by atoms with Gasteiger partial charge < -0.3 is 4.98 Å². The number of H-pyrrole nitrogens is 1. The molecule has 0 aliphatic carbocycles. The van der Waals surface area contributed by atoms with Crippen LogP contribution in [0.1, 0.15) is 10.5 Å². The molecular weight excluding hydrogens is 325 g/mol. The molecule has 0 spiro atoms. The number of benzene rings is 1. The van der Waals surface area contributed by atoms with E-state index < -0.39 is 0 Å². The molecule has 3 heterocycles. The van der Waals surface area contributed by atoms with Gasteiger partial charge in [-0.05, 0) is 36.4 Å². The Balaban J connectivity index is 1.73. The highest BCUT2D eigenvalue weighted by Crippen LogP contribution is 2.14. The first-order valence-corrected chi connectivity index (χ1v) is 7.49. The zero-order chi connectivity index (χ0) is 17.4. The highest BCUT2D eigenvalue weighted by Gasteiger charge is 2.14. The molecule has 8 heteroatoms. The Labute approximate surface area is 140 Å². The van der Waals surface area contributed by atoms with Gasteiger partial charge in [0.15, 0.2) is 11.4 Å². The summed E-state index contributed by atoms with van der Waals surface area (Å²) in [7, 11) is 0. The maximum atomic E-state index is 13.1. The SMILES string of the molecule is O=C(Cn1cnc2c(cnn2-c2ccc(F)cc2)c1=O)c1ccc[nH]1. The van der Waals surface area contributed by atoms with E-state index in [0.29, 0.717) is 17.0 Å². The van der Waals surface area contributed by atoms with Crippen LogP contribution in [0.5, 0.6) is 0 Å². The summed E-state index contributed by atoms with van der Waals surface area (Å²) in [5.74, 6) is -0.586. The molecule has 1 aromatic carbocycles. The Hall–Kier alpha value is -3.55. The number of carbonyl (C=O) groups excluding carboxylic acids is 1. The maximum absolute atomic E-state index is 13.1. The summed E-state index contributed by atoms with van der Waals surface area (Å²) in [4.78, 5) is 31.8. The van der Waals surface area contributed by atoms with E-state index in [9.17, 15) is 14.0 Å². The van der Waals surface area contributed by atoms with Crippen LogP contribution in [0, 0.1) is 5.82 Å². The number of hydrogen-bond acceptors (Lipinski definition) is 4. The Morgan fingerprint density at radius 3 is 2.72 bits per heavy atom. The summed E-state index contributed by atoms with van der Waals surface area (Å²) in [5, 5.41) is 4.44. The molecule has 0 bridgehead atoms. The minimum atomic E-state index is -0.363. The fourth-order valence-corrected chi connectivity index (χ4v) is 2.58. The van der Waals surface area contributed by atoms with Gasteiger partial charge in [-0.15, -0.1) is 0 Å². The molecule has 3 aromatic heterocycles. The number of aromatic amines is 1. The fourth-order valence-electron chi connectivity index (χ4n) is 2.58. The van der Waals surface area contributed by atoms with Crippen molar-refractivity contribution < 1.29 is 9.18 Å². The van der Waals surface area contributed by atoms with Crippen LogP contribution in [-0.2, 0) is 6.54 Å². The van der Waals surface area contributed by atoms with Crippen molar-refractivity contribution in [2.75, 3.05) is 0 Å². The second-order valence-electron chi connectivity index (χ2n) is 5.45. The van der Waals surface area contributed by atoms with Gasteiger partial charge in [0.2, 0.25) is 0 Å². The van der Waals surface area contributed by atoms with E-state index in [2.05, 4.69) is 15.1 Å². The van der Waals surface area contributed by atoms with Crippen LogP contribution in [0.3, 0.4) is 0 Å². The minimum absolute atomic E-state index is 0.121. The lowest BCUT2D eigenvalue weighted by Crippen LogP contribution is -2.24. The molecule has 1 N–H and O–H groups in total. The lowest BCUT2D eigenvalue weighted by molar-refractivity contribution is 0.0966. The van der Waals surface area contributed by atoms with E-state index in [4.69, 9.17) is 0 Å². The van der Waals surface area contributed by atoms with Gasteiger partial charge in [0, 0.05) is 6.20 Å². The number of nitrogens with zero attached hydrogens (tertiary/aromatic N) is 4. The van der Waals surface area contributed by atoms with Crippen LogP contribution in [0.25, 0.3) is 16.7 Å². The van der Waals surface area contributed by atoms with Gasteiger partial charge in [-0.25, -0.2) is 14.1 Å². The smallest absolute Gasteiger partial charge is 0.264 e. The Bertz CT molecular complexity index is 1110. The van der Waals surface area contributed by atoms with Crippen molar-refractivity contribution >= 4 is 16.8 Å². The van der Waals surface area contributed by atoms with Gasteiger partial charge in [0.05, 0.1) is 24.1 Å². The lowest BCUT2D eigenvalue weighted by Gasteiger charge is -2.05. The van der Waals surface area contributed by atoms with E-state index >= 15 is 0 Å². The van der Waals surface area contributed by atoms with Crippen molar-refractivity contribution in [1.82, 2.24) is 24.3 Å². The van der Waals surface area contributed by atoms with Crippen molar-refractivity contribution in [3.05, 3.63) is 77.0 Å². The molecular formula is C17H12FN5O2. The number of rotatable bonds is 4. The largest absolute Gasteiger partial charge is 0.359 e. The molecule has 0 unspecified atom stereocenters. The van der Waals surface area contributed by atoms with Gasteiger partial charge in [-0.3, -0.25) is 14.2 Å². The summed E-state index contributed by atoms with van der Waals surface area (Å²) in [5.41, 5.74) is 0.996. The molecule has 7 nitrogen and oxygen atoms in total. The highest BCUT2D eigenvalue weighted by molar-refractivity contribution is 5.94. The zero-order valence-electron chi connectivity index (χ0n) is 12.9. The Kier molecular flexibility index (Phi) is 3.50. The molecule has 0 saturated carbocycles. The van der Waals surface area contributed by atoms with Crippen LogP contribution in [0.2, 0.25) is 0 Å². The summed E-state index contributed by atoms with van der Waals surface area (Å²) < 4.78 is 15.8. The lowest BCUT2D eigenvalue weighted by atomic mass is 10.3. The number of halogens is 1. The molecule has 4 rings (SSSR count). The van der Waals surface area contributed by atoms with Crippen molar-refractivity contribution in [3.63, 3.8) is 0 Å². The number of carbonyl (C=O) groups is 1. The second kappa shape index (κ2) is 5.82. The van der Waals surface area contributed by atoms with Crippen molar-refractivity contribution in [3.8, 4) is 5.69 Å². The molecule has 0 saturated heterocycles. The molecule has 0 atom stereocenters. The average molecular weight is 337 g/mol. The molecule has 0 amide bonds. The number of fused-ring (bicyclic) bond motifs is 1. The molecule has 124 valence electrons. The van der Waals surface area contributed by atoms with Gasteiger partial charge in [-0.1, -0.05) is 0 Å². The zero-order valence-corrected chi connectivity index (χ0v) is 12.9. The van der Waals surface area contributed by atoms with E-state index in [0.717, 1.165) is 0 Å². The first-order chi connectivity index (χ1) is 12.1. The van der Waals surface area contributed by atoms with Gasteiger partial charge in [0.25, 0.3) is 5.56 Å². The summed E-state index contributed by atoms with van der Waals surface area (Å²) in [6.45, 7) is -0.121. The molecule has 0 radical (unpaired) electrons. The standard InChI is InChI=1S/C17H12FN5O2/c18-11-3-5-12(6-4-11)23-16-13(8-21-23)17(25)22(10-20-16)9-15(24)14-2-1-7-19-14/h1-8,10,19H,9H2.